The monoisotopic (exact) mass is 285 g/mol. The van der Waals surface area contributed by atoms with Crippen LogP contribution >= 0.6 is 0 Å². The Kier molecular flexibility index (Phi) is 3.04. The van der Waals surface area contributed by atoms with Gasteiger partial charge in [-0.1, -0.05) is 18.2 Å². The van der Waals surface area contributed by atoms with E-state index in [2.05, 4.69) is 51.4 Å². The molecule has 1 aliphatic rings. The van der Waals surface area contributed by atoms with Gasteiger partial charge in [-0.2, -0.15) is 0 Å². The summed E-state index contributed by atoms with van der Waals surface area (Å²) in [7, 11) is 4.10. The number of anilines is 3. The third-order valence-electron chi connectivity index (χ3n) is 3.80. The van der Waals surface area contributed by atoms with Crippen molar-refractivity contribution in [2.75, 3.05) is 16.7 Å². The van der Waals surface area contributed by atoms with Crippen LogP contribution in [0, 0.1) is 0 Å². The number of fused-ring (bicyclic) bond motifs is 1. The molecular weight excluding hydrogens is 271 g/mol. The number of benzene rings is 1. The zero-order valence-corrected chi connectivity index (χ0v) is 12.2. The lowest BCUT2D eigenvalue weighted by Gasteiger charge is -2.17. The maximum Gasteiger partial charge on any atom is 0.397 e. The summed E-state index contributed by atoms with van der Waals surface area (Å²) in [5.41, 5.74) is 4.52. The Bertz CT molecular complexity index is 807. The van der Waals surface area contributed by atoms with Gasteiger partial charge in [-0.25, -0.2) is 4.98 Å². The Hall–Kier alpha value is -2.82. The van der Waals surface area contributed by atoms with Gasteiger partial charge in [0.2, 0.25) is 0 Å². The molecule has 0 fully saturated rings. The Morgan fingerprint density at radius 2 is 1.77 bits per heavy atom. The number of nitrogens with zero attached hydrogens (tertiary/aromatic N) is 4. The lowest BCUT2D eigenvalue weighted by atomic mass is 10.1. The van der Waals surface area contributed by atoms with Crippen LogP contribution in [0.3, 0.4) is 0 Å². The highest BCUT2D eigenvalue weighted by molar-refractivity contribution is 6.52. The molecule has 0 saturated carbocycles. The minimum absolute atomic E-state index is 0.901. The van der Waals surface area contributed by atoms with Crippen molar-refractivity contribution in [2.24, 2.45) is 0 Å². The summed E-state index contributed by atoms with van der Waals surface area (Å²) in [5, 5.41) is 0. The smallest absolute Gasteiger partial charge is 0.397 e. The summed E-state index contributed by atoms with van der Waals surface area (Å²) < 4.78 is 0. The van der Waals surface area contributed by atoms with E-state index in [0.717, 1.165) is 22.6 Å². The van der Waals surface area contributed by atoms with E-state index in [9.17, 15) is 0 Å². The highest BCUT2D eigenvalue weighted by atomic mass is 15.3. The molecule has 0 unspecified atom stereocenters. The lowest BCUT2D eigenvalue weighted by molar-refractivity contribution is 1.24. The summed E-state index contributed by atoms with van der Waals surface area (Å²) in [5.74, 6) is 0.901. The standard InChI is InChI=1S/C17H14BN4/c1-21-15-6-2-3-7-16(15)22(18-21)17-11-13(8-10-20-17)14-5-4-9-19-12-14/h2-12H,1H3. The van der Waals surface area contributed by atoms with Gasteiger partial charge in [-0.05, 0) is 42.9 Å². The van der Waals surface area contributed by atoms with Gasteiger partial charge in [0, 0.05) is 29.8 Å². The predicted molar refractivity (Wildman–Crippen MR) is 90.2 cm³/mol. The molecule has 5 heteroatoms. The molecule has 0 amide bonds. The van der Waals surface area contributed by atoms with E-state index < -0.39 is 0 Å². The van der Waals surface area contributed by atoms with Crippen LogP contribution < -0.4 is 9.62 Å². The van der Waals surface area contributed by atoms with Gasteiger partial charge in [0.25, 0.3) is 0 Å². The summed E-state index contributed by atoms with van der Waals surface area (Å²) in [6.07, 6.45) is 5.49. The van der Waals surface area contributed by atoms with Crippen molar-refractivity contribution >= 4 is 24.7 Å². The summed E-state index contributed by atoms with van der Waals surface area (Å²) in [4.78, 5) is 12.9. The second-order valence-corrected chi connectivity index (χ2v) is 5.23. The minimum Gasteiger partial charge on any atom is -0.400 e. The van der Waals surface area contributed by atoms with Gasteiger partial charge in [0.15, 0.2) is 0 Å². The molecule has 4 rings (SSSR count). The SMILES string of the molecule is CN1[B]N(c2cc(-c3cccnc3)ccn2)c2ccccc21. The number of rotatable bonds is 2. The first kappa shape index (κ1) is 12.9. The molecule has 0 atom stereocenters. The van der Waals surface area contributed by atoms with Gasteiger partial charge >= 0.3 is 7.55 Å². The zero-order valence-electron chi connectivity index (χ0n) is 12.2. The number of hydrogen-bond donors (Lipinski definition) is 0. The van der Waals surface area contributed by atoms with Crippen LogP contribution in [0.1, 0.15) is 0 Å². The van der Waals surface area contributed by atoms with Gasteiger partial charge in [0.1, 0.15) is 5.82 Å². The molecule has 0 saturated heterocycles. The molecule has 3 heterocycles. The normalized spacial score (nSPS) is 13.0. The third-order valence-corrected chi connectivity index (χ3v) is 3.80. The molecule has 0 spiro atoms. The van der Waals surface area contributed by atoms with Crippen molar-refractivity contribution in [3.8, 4) is 11.1 Å². The number of aromatic nitrogens is 2. The molecule has 0 aliphatic carbocycles. The predicted octanol–water partition coefficient (Wildman–Crippen LogP) is 3.27. The van der Waals surface area contributed by atoms with Gasteiger partial charge < -0.3 is 9.62 Å². The first-order valence-electron chi connectivity index (χ1n) is 7.15. The maximum absolute atomic E-state index is 4.53. The summed E-state index contributed by atoms with van der Waals surface area (Å²) in [6.45, 7) is 0. The van der Waals surface area contributed by atoms with Crippen molar-refractivity contribution in [1.29, 1.82) is 0 Å². The van der Waals surface area contributed by atoms with Crippen molar-refractivity contribution in [3.05, 3.63) is 67.1 Å². The molecular formula is C17H14BN4. The Labute approximate surface area is 130 Å². The Morgan fingerprint density at radius 3 is 2.59 bits per heavy atom. The fourth-order valence-corrected chi connectivity index (χ4v) is 2.71. The van der Waals surface area contributed by atoms with Crippen LogP contribution in [0.4, 0.5) is 17.2 Å². The van der Waals surface area contributed by atoms with Gasteiger partial charge in [0.05, 0.1) is 5.69 Å². The average Bonchev–Trinajstić information content (AvgIpc) is 2.93. The number of hydrogen-bond acceptors (Lipinski definition) is 4. The molecule has 22 heavy (non-hydrogen) atoms. The van der Waals surface area contributed by atoms with Crippen LogP contribution in [0.25, 0.3) is 11.1 Å². The van der Waals surface area contributed by atoms with E-state index in [1.807, 2.05) is 43.7 Å². The highest BCUT2D eigenvalue weighted by Gasteiger charge is 2.27. The number of pyridine rings is 2. The zero-order chi connectivity index (χ0) is 14.9. The van der Waals surface area contributed by atoms with Crippen molar-refractivity contribution in [1.82, 2.24) is 9.97 Å². The fourth-order valence-electron chi connectivity index (χ4n) is 2.71. The highest BCUT2D eigenvalue weighted by Crippen LogP contribution is 2.38. The molecule has 0 N–H and O–H groups in total. The lowest BCUT2D eigenvalue weighted by Crippen LogP contribution is -2.29. The van der Waals surface area contributed by atoms with Gasteiger partial charge in [-0.3, -0.25) is 4.98 Å². The second kappa shape index (κ2) is 5.18. The van der Waals surface area contributed by atoms with Crippen LogP contribution in [0.5, 0.6) is 0 Å². The largest absolute Gasteiger partial charge is 0.400 e. The quantitative estimate of drug-likeness (QED) is 0.676. The van der Waals surface area contributed by atoms with Crippen molar-refractivity contribution < 1.29 is 0 Å². The van der Waals surface area contributed by atoms with E-state index >= 15 is 0 Å². The fraction of sp³-hybridized carbons (Fsp3) is 0.0588. The van der Waals surface area contributed by atoms with Crippen molar-refractivity contribution in [3.63, 3.8) is 0 Å². The molecule has 1 radical (unpaired) electrons. The molecule has 1 aromatic carbocycles. The van der Waals surface area contributed by atoms with E-state index in [4.69, 9.17) is 0 Å². The molecule has 4 nitrogen and oxygen atoms in total. The molecule has 0 bridgehead atoms. The van der Waals surface area contributed by atoms with Crippen LogP contribution in [-0.4, -0.2) is 24.6 Å². The van der Waals surface area contributed by atoms with Crippen LogP contribution in [-0.2, 0) is 0 Å². The van der Waals surface area contributed by atoms with E-state index in [1.165, 1.54) is 5.69 Å². The molecule has 2 aromatic heterocycles. The average molecular weight is 285 g/mol. The van der Waals surface area contributed by atoms with E-state index in [0.29, 0.717) is 0 Å². The van der Waals surface area contributed by atoms with Crippen LogP contribution in [0.15, 0.2) is 67.1 Å². The minimum atomic E-state index is 0.901. The topological polar surface area (TPSA) is 32.3 Å². The summed E-state index contributed by atoms with van der Waals surface area (Å²) in [6, 6.07) is 16.4. The van der Waals surface area contributed by atoms with Crippen LogP contribution in [0.2, 0.25) is 0 Å². The third kappa shape index (κ3) is 2.11. The Morgan fingerprint density at radius 1 is 0.909 bits per heavy atom. The van der Waals surface area contributed by atoms with E-state index in [-0.39, 0.29) is 0 Å². The van der Waals surface area contributed by atoms with Gasteiger partial charge in [-0.15, -0.1) is 0 Å². The first-order valence-corrected chi connectivity index (χ1v) is 7.15. The first-order chi connectivity index (χ1) is 10.8. The molecule has 105 valence electrons. The van der Waals surface area contributed by atoms with E-state index in [1.54, 1.807) is 6.20 Å². The maximum atomic E-state index is 4.53. The number of para-hydroxylation sites is 2. The molecule has 3 aromatic rings. The summed E-state index contributed by atoms with van der Waals surface area (Å²) >= 11 is 0. The van der Waals surface area contributed by atoms with Crippen molar-refractivity contribution in [2.45, 2.75) is 0 Å². The second-order valence-electron chi connectivity index (χ2n) is 5.23. The Balaban J connectivity index is 1.76. The molecule has 1 aliphatic heterocycles.